The second-order valence-electron chi connectivity index (χ2n) is 7.69. The molecule has 3 heterocycles. The highest BCUT2D eigenvalue weighted by Crippen LogP contribution is 2.38. The summed E-state index contributed by atoms with van der Waals surface area (Å²) in [5.41, 5.74) is 3.54. The Hall–Kier alpha value is -3.85. The van der Waals surface area contributed by atoms with Crippen molar-refractivity contribution in [2.45, 2.75) is 25.0 Å². The average Bonchev–Trinajstić information content (AvgIpc) is 3.34. The zero-order valence-corrected chi connectivity index (χ0v) is 16.2. The van der Waals surface area contributed by atoms with Crippen LogP contribution in [-0.2, 0) is 0 Å². The monoisotopic (exact) mass is 416 g/mol. The minimum absolute atomic E-state index is 0.263. The number of aliphatic hydroxyl groups excluding tert-OH is 1. The quantitative estimate of drug-likeness (QED) is 0.461. The second-order valence-corrected chi connectivity index (χ2v) is 7.69. The molecule has 2 aromatic carbocycles. The average molecular weight is 416 g/mol. The summed E-state index contributed by atoms with van der Waals surface area (Å²) in [5, 5.41) is 10.4. The van der Waals surface area contributed by atoms with Crippen molar-refractivity contribution in [3.05, 3.63) is 82.4 Å². The van der Waals surface area contributed by atoms with Crippen LogP contribution in [0.2, 0.25) is 0 Å². The van der Waals surface area contributed by atoms with Gasteiger partial charge in [-0.15, -0.1) is 0 Å². The van der Waals surface area contributed by atoms with Gasteiger partial charge in [-0.05, 0) is 36.1 Å². The lowest BCUT2D eigenvalue weighted by Gasteiger charge is -2.29. The van der Waals surface area contributed by atoms with Gasteiger partial charge in [0.1, 0.15) is 17.7 Å². The van der Waals surface area contributed by atoms with Crippen LogP contribution in [0, 0.1) is 5.82 Å². The molecule has 9 heteroatoms. The number of hydrogen-bond donors (Lipinski definition) is 2. The zero-order valence-electron chi connectivity index (χ0n) is 16.2. The Morgan fingerprint density at radius 1 is 1.10 bits per heavy atom. The Bertz CT molecular complexity index is 1520. The van der Waals surface area contributed by atoms with Gasteiger partial charge in [-0.3, -0.25) is 9.13 Å². The van der Waals surface area contributed by atoms with Crippen LogP contribution < -0.4 is 5.69 Å². The number of aromatic amines is 1. The molecule has 6 rings (SSSR count). The topological polar surface area (TPSA) is 102 Å². The van der Waals surface area contributed by atoms with Crippen LogP contribution >= 0.6 is 0 Å². The summed E-state index contributed by atoms with van der Waals surface area (Å²) in [5.74, 6) is -0.0938. The Morgan fingerprint density at radius 3 is 2.81 bits per heavy atom. The third-order valence-corrected chi connectivity index (χ3v) is 5.91. The molecule has 0 fully saturated rings. The first-order valence-electron chi connectivity index (χ1n) is 9.97. The van der Waals surface area contributed by atoms with Crippen LogP contribution in [-0.4, -0.2) is 34.2 Å². The summed E-state index contributed by atoms with van der Waals surface area (Å²) in [6, 6.07) is 11.7. The number of fused-ring (bicyclic) bond motifs is 3. The van der Waals surface area contributed by atoms with Crippen LogP contribution in [0.1, 0.15) is 36.1 Å². The molecule has 3 aromatic heterocycles. The van der Waals surface area contributed by atoms with Gasteiger partial charge in [0.25, 0.3) is 0 Å². The van der Waals surface area contributed by atoms with Gasteiger partial charge < -0.3 is 10.1 Å². The fraction of sp³-hybridized carbons (Fsp3) is 0.182. The first kappa shape index (κ1) is 18.0. The van der Waals surface area contributed by atoms with E-state index in [-0.39, 0.29) is 23.5 Å². The van der Waals surface area contributed by atoms with Crippen molar-refractivity contribution in [2.24, 2.45) is 0 Å². The molecule has 31 heavy (non-hydrogen) atoms. The molecule has 2 atom stereocenters. The molecule has 1 aliphatic carbocycles. The zero-order chi connectivity index (χ0) is 21.1. The number of halogens is 1. The van der Waals surface area contributed by atoms with E-state index in [4.69, 9.17) is 0 Å². The van der Waals surface area contributed by atoms with E-state index in [1.165, 1.54) is 18.5 Å². The van der Waals surface area contributed by atoms with Gasteiger partial charge in [-0.2, -0.15) is 4.98 Å². The van der Waals surface area contributed by atoms with E-state index >= 15 is 0 Å². The second kappa shape index (κ2) is 6.58. The molecule has 0 bridgehead atoms. The molecule has 0 spiro atoms. The molecule has 2 N–H and O–H groups in total. The van der Waals surface area contributed by atoms with Crippen molar-refractivity contribution < 1.29 is 9.50 Å². The van der Waals surface area contributed by atoms with Crippen LogP contribution in [0.25, 0.3) is 28.1 Å². The van der Waals surface area contributed by atoms with E-state index in [1.54, 1.807) is 21.4 Å². The first-order valence-corrected chi connectivity index (χ1v) is 9.97. The maximum absolute atomic E-state index is 13.8. The predicted molar refractivity (Wildman–Crippen MR) is 112 cm³/mol. The summed E-state index contributed by atoms with van der Waals surface area (Å²) in [4.78, 5) is 29.0. The number of nitrogens with one attached hydrogen (secondary N) is 1. The Labute approximate surface area is 174 Å². The van der Waals surface area contributed by atoms with E-state index in [2.05, 4.69) is 19.9 Å². The fourth-order valence-electron chi connectivity index (χ4n) is 4.47. The number of imidazole rings is 2. The fourth-order valence-corrected chi connectivity index (χ4v) is 4.47. The summed E-state index contributed by atoms with van der Waals surface area (Å²) < 4.78 is 17.0. The van der Waals surface area contributed by atoms with Crippen LogP contribution in [0.15, 0.2) is 59.8 Å². The summed E-state index contributed by atoms with van der Waals surface area (Å²) in [6.45, 7) is 0. The minimum Gasteiger partial charge on any atom is -0.388 e. The smallest absolute Gasteiger partial charge is 0.328 e. The maximum Gasteiger partial charge on any atom is 0.328 e. The third-order valence-electron chi connectivity index (χ3n) is 5.91. The number of aromatic nitrogens is 6. The summed E-state index contributed by atoms with van der Waals surface area (Å²) >= 11 is 0. The standard InChI is InChI=1S/C22H17FN6O2/c23-12-5-6-15-18(9-12)28(11-25-15)21-24-10-16-20(27-21)29(22(31)26-16)17-7-8-19(30)14-4-2-1-3-13(14)17/h1-6,9-11,17,19,30H,7-8H2,(H,26,31). The van der Waals surface area contributed by atoms with Gasteiger partial charge in [0.2, 0.25) is 5.95 Å². The molecule has 0 radical (unpaired) electrons. The molecule has 0 aliphatic heterocycles. The van der Waals surface area contributed by atoms with Gasteiger partial charge in [-0.1, -0.05) is 24.3 Å². The molecule has 8 nitrogen and oxygen atoms in total. The molecular weight excluding hydrogens is 399 g/mol. The Balaban J connectivity index is 1.56. The molecule has 5 aromatic rings. The lowest BCUT2D eigenvalue weighted by atomic mass is 9.85. The highest BCUT2D eigenvalue weighted by Gasteiger charge is 2.29. The predicted octanol–water partition coefficient (Wildman–Crippen LogP) is 3.01. The van der Waals surface area contributed by atoms with E-state index in [1.807, 2.05) is 24.3 Å². The number of benzene rings is 2. The summed E-state index contributed by atoms with van der Waals surface area (Å²) in [6.07, 6.45) is 3.68. The normalized spacial score (nSPS) is 18.5. The SMILES string of the molecule is O=c1[nH]c2cnc(-n3cnc4ccc(F)cc43)nc2n1C1CCC(O)c2ccccc21. The Kier molecular flexibility index (Phi) is 3.81. The van der Waals surface area contributed by atoms with Gasteiger partial charge >= 0.3 is 5.69 Å². The molecule has 0 saturated heterocycles. The van der Waals surface area contributed by atoms with Crippen molar-refractivity contribution in [1.29, 1.82) is 0 Å². The van der Waals surface area contributed by atoms with Crippen LogP contribution in [0.3, 0.4) is 0 Å². The van der Waals surface area contributed by atoms with E-state index in [9.17, 15) is 14.3 Å². The number of aliphatic hydroxyl groups is 1. The van der Waals surface area contributed by atoms with Crippen molar-refractivity contribution in [2.75, 3.05) is 0 Å². The lowest BCUT2D eigenvalue weighted by molar-refractivity contribution is 0.147. The van der Waals surface area contributed by atoms with Gasteiger partial charge in [0.05, 0.1) is 29.4 Å². The molecule has 0 amide bonds. The lowest BCUT2D eigenvalue weighted by Crippen LogP contribution is -2.27. The van der Waals surface area contributed by atoms with E-state index in [0.717, 1.165) is 11.1 Å². The molecular formula is C22H17FN6O2. The molecule has 2 unspecified atom stereocenters. The first-order chi connectivity index (χ1) is 15.1. The number of rotatable bonds is 2. The van der Waals surface area contributed by atoms with Crippen molar-refractivity contribution in [3.63, 3.8) is 0 Å². The minimum atomic E-state index is -0.550. The van der Waals surface area contributed by atoms with Crippen molar-refractivity contribution in [1.82, 2.24) is 29.1 Å². The molecule has 154 valence electrons. The van der Waals surface area contributed by atoms with E-state index in [0.29, 0.717) is 35.0 Å². The van der Waals surface area contributed by atoms with E-state index < -0.39 is 6.10 Å². The molecule has 0 saturated carbocycles. The number of nitrogens with zero attached hydrogens (tertiary/aromatic N) is 5. The van der Waals surface area contributed by atoms with Gasteiger partial charge in [-0.25, -0.2) is 19.2 Å². The number of H-pyrrole nitrogens is 1. The van der Waals surface area contributed by atoms with Gasteiger partial charge in [0, 0.05) is 6.07 Å². The maximum atomic E-state index is 13.8. The van der Waals surface area contributed by atoms with Crippen LogP contribution in [0.4, 0.5) is 4.39 Å². The number of hydrogen-bond acceptors (Lipinski definition) is 5. The molecule has 1 aliphatic rings. The highest BCUT2D eigenvalue weighted by atomic mass is 19.1. The third kappa shape index (κ3) is 2.70. The largest absolute Gasteiger partial charge is 0.388 e. The van der Waals surface area contributed by atoms with Gasteiger partial charge in [0.15, 0.2) is 5.65 Å². The highest BCUT2D eigenvalue weighted by molar-refractivity contribution is 5.77. The Morgan fingerprint density at radius 2 is 1.94 bits per heavy atom. The van der Waals surface area contributed by atoms with Crippen molar-refractivity contribution >= 4 is 22.2 Å². The van der Waals surface area contributed by atoms with Crippen LogP contribution in [0.5, 0.6) is 0 Å². The van der Waals surface area contributed by atoms with Crippen molar-refractivity contribution in [3.8, 4) is 5.95 Å². The summed E-state index contributed by atoms with van der Waals surface area (Å²) in [7, 11) is 0.